The van der Waals surface area contributed by atoms with Crippen molar-refractivity contribution >= 4 is 39.4 Å². The van der Waals surface area contributed by atoms with Gasteiger partial charge in [0.05, 0.1) is 20.0 Å². The highest BCUT2D eigenvalue weighted by atomic mass is 32.2. The van der Waals surface area contributed by atoms with E-state index in [9.17, 15) is 48.0 Å². The second-order valence-corrected chi connectivity index (χ2v) is 19.0. The van der Waals surface area contributed by atoms with Gasteiger partial charge in [0.15, 0.2) is 0 Å². The molecular formula is C23H29F6NO7S2Si. The second kappa shape index (κ2) is 12.1. The molecule has 1 aromatic carbocycles. The number of alkyl halides is 6. The highest BCUT2D eigenvalue weighted by Gasteiger charge is 2.51. The molecule has 0 aromatic heterocycles. The van der Waals surface area contributed by atoms with E-state index in [1.165, 1.54) is 19.1 Å². The summed E-state index contributed by atoms with van der Waals surface area (Å²) >= 11 is 0. The van der Waals surface area contributed by atoms with Gasteiger partial charge < -0.3 is 8.92 Å². The molecule has 0 fully saturated rings. The van der Waals surface area contributed by atoms with Crippen molar-refractivity contribution in [2.24, 2.45) is 5.41 Å². The van der Waals surface area contributed by atoms with Gasteiger partial charge in [0.1, 0.15) is 12.0 Å². The third kappa shape index (κ3) is 9.25. The lowest BCUT2D eigenvalue weighted by atomic mass is 9.97. The number of rotatable bonds is 8. The third-order valence-electron chi connectivity index (χ3n) is 4.86. The van der Waals surface area contributed by atoms with Crippen LogP contribution in [-0.4, -0.2) is 52.7 Å². The molecule has 17 heteroatoms. The Kier molecular flexibility index (Phi) is 10.8. The quantitative estimate of drug-likeness (QED) is 0.0780. The van der Waals surface area contributed by atoms with Crippen LogP contribution < -0.4 is 9.37 Å². The molecule has 0 saturated heterocycles. The summed E-state index contributed by atoms with van der Waals surface area (Å²) in [4.78, 5) is 11.8. The number of nitrogens with zero attached hydrogens (tertiary/aromatic N) is 1. The molecule has 0 spiro atoms. The fourth-order valence-electron chi connectivity index (χ4n) is 2.73. The Morgan fingerprint density at radius 3 is 2.00 bits per heavy atom. The zero-order valence-corrected chi connectivity index (χ0v) is 25.2. The maximum absolute atomic E-state index is 13.5. The molecule has 0 bridgehead atoms. The molecule has 0 radical (unpaired) electrons. The number of hydrogen-bond acceptors (Lipinski definition) is 7. The summed E-state index contributed by atoms with van der Waals surface area (Å²) in [5, 5.41) is -0.00675. The van der Waals surface area contributed by atoms with Crippen molar-refractivity contribution in [1.82, 2.24) is 4.31 Å². The number of allylic oxidation sites excluding steroid dienone is 1. The van der Waals surface area contributed by atoms with Crippen molar-refractivity contribution in [2.75, 3.05) is 6.54 Å². The van der Waals surface area contributed by atoms with Gasteiger partial charge >= 0.3 is 37.1 Å². The summed E-state index contributed by atoms with van der Waals surface area (Å²) in [6.07, 6.45) is 0.925. The summed E-state index contributed by atoms with van der Waals surface area (Å²) in [7, 11) is -15.1. The minimum atomic E-state index is -6.25. The number of para-hydroxylation sites is 1. The second-order valence-electron chi connectivity index (χ2n) is 10.5. The standard InChI is InChI=1S/C23H29F6NO7S2Si/c1-16(15-36-20(31)21(2,3)4)10-9-13-30(38(32,33)22(24,25)26)14-17-11-8-12-18(40(5,6)7)19(17)37-39(34,35)23(27,28)29/h8,11-12,15H,13-14H2,1-7H3/b16-15+. The predicted molar refractivity (Wildman–Crippen MR) is 137 cm³/mol. The van der Waals surface area contributed by atoms with Gasteiger partial charge in [0.25, 0.3) is 0 Å². The zero-order valence-electron chi connectivity index (χ0n) is 22.6. The van der Waals surface area contributed by atoms with E-state index >= 15 is 0 Å². The van der Waals surface area contributed by atoms with Gasteiger partial charge in [-0.05, 0) is 32.9 Å². The van der Waals surface area contributed by atoms with Crippen LogP contribution in [0.3, 0.4) is 0 Å². The molecule has 1 aromatic rings. The summed E-state index contributed by atoms with van der Waals surface area (Å²) < 4.78 is 137. The van der Waals surface area contributed by atoms with Crippen LogP contribution in [0.1, 0.15) is 33.3 Å². The Hall–Kier alpha value is -2.55. The molecule has 1 rings (SSSR count). The first-order valence-electron chi connectivity index (χ1n) is 11.3. The minimum Gasteiger partial charge on any atom is -0.433 e. The molecule has 0 unspecified atom stereocenters. The van der Waals surface area contributed by atoms with Crippen LogP contribution >= 0.6 is 0 Å². The van der Waals surface area contributed by atoms with E-state index in [1.54, 1.807) is 40.4 Å². The Balaban J connectivity index is 3.62. The molecule has 0 heterocycles. The lowest BCUT2D eigenvalue weighted by Crippen LogP contribution is -2.43. The zero-order chi connectivity index (χ0) is 31.5. The van der Waals surface area contributed by atoms with Gasteiger partial charge in [-0.15, -0.1) is 0 Å². The predicted octanol–water partition coefficient (Wildman–Crippen LogP) is 4.61. The number of carbonyl (C=O) groups excluding carboxylic acids is 1. The Morgan fingerprint density at radius 2 is 1.55 bits per heavy atom. The third-order valence-corrected chi connectivity index (χ3v) is 9.34. The number of hydrogen-bond donors (Lipinski definition) is 0. The summed E-state index contributed by atoms with van der Waals surface area (Å²) in [5.41, 5.74) is -13.1. The molecule has 0 atom stereocenters. The molecule has 40 heavy (non-hydrogen) atoms. The average molecular weight is 638 g/mol. The highest BCUT2D eigenvalue weighted by Crippen LogP contribution is 2.33. The van der Waals surface area contributed by atoms with E-state index in [0.717, 1.165) is 12.3 Å². The minimum absolute atomic E-state index is 0.00675. The van der Waals surface area contributed by atoms with Crippen LogP contribution in [0.4, 0.5) is 26.3 Å². The van der Waals surface area contributed by atoms with Gasteiger partial charge in [-0.25, -0.2) is 8.42 Å². The van der Waals surface area contributed by atoms with Crippen molar-refractivity contribution in [1.29, 1.82) is 0 Å². The lowest BCUT2D eigenvalue weighted by Gasteiger charge is -2.26. The number of esters is 1. The topological polar surface area (TPSA) is 107 Å². The first-order chi connectivity index (χ1) is 17.7. The van der Waals surface area contributed by atoms with E-state index < -0.39 is 75.0 Å². The monoisotopic (exact) mass is 637 g/mol. The van der Waals surface area contributed by atoms with Crippen LogP contribution in [-0.2, 0) is 36.2 Å². The van der Waals surface area contributed by atoms with Crippen LogP contribution in [0, 0.1) is 17.3 Å². The number of carbonyl (C=O) groups is 1. The van der Waals surface area contributed by atoms with E-state index in [1.807, 2.05) is 0 Å². The Morgan fingerprint density at radius 1 is 1.00 bits per heavy atom. The van der Waals surface area contributed by atoms with E-state index in [4.69, 9.17) is 4.74 Å². The maximum atomic E-state index is 13.5. The van der Waals surface area contributed by atoms with Crippen LogP contribution in [0.15, 0.2) is 30.0 Å². The van der Waals surface area contributed by atoms with Crippen molar-refractivity contribution in [3.8, 4) is 17.6 Å². The van der Waals surface area contributed by atoms with Gasteiger partial charge in [0, 0.05) is 17.7 Å². The molecule has 8 nitrogen and oxygen atoms in total. The number of halogens is 6. The Bertz CT molecular complexity index is 1410. The number of ether oxygens (including phenoxy) is 1. The van der Waals surface area contributed by atoms with Crippen molar-refractivity contribution < 1.29 is 56.9 Å². The summed E-state index contributed by atoms with van der Waals surface area (Å²) in [6, 6.07) is 3.44. The molecule has 226 valence electrons. The molecule has 0 aliphatic rings. The first kappa shape index (κ1) is 35.5. The van der Waals surface area contributed by atoms with Crippen LogP contribution in [0.5, 0.6) is 5.75 Å². The molecule has 0 aliphatic heterocycles. The van der Waals surface area contributed by atoms with Crippen molar-refractivity contribution in [3.63, 3.8) is 0 Å². The molecule has 0 aliphatic carbocycles. The highest BCUT2D eigenvalue weighted by molar-refractivity contribution is 7.90. The lowest BCUT2D eigenvalue weighted by molar-refractivity contribution is -0.146. The fraction of sp³-hybridized carbons (Fsp3) is 0.522. The van der Waals surface area contributed by atoms with E-state index in [2.05, 4.69) is 16.0 Å². The van der Waals surface area contributed by atoms with Gasteiger partial charge in [-0.2, -0.15) is 39.1 Å². The molecular weight excluding hydrogens is 608 g/mol. The smallest absolute Gasteiger partial charge is 0.433 e. The van der Waals surface area contributed by atoms with Crippen molar-refractivity contribution in [2.45, 2.75) is 64.9 Å². The van der Waals surface area contributed by atoms with E-state index in [-0.39, 0.29) is 15.1 Å². The van der Waals surface area contributed by atoms with Crippen LogP contribution in [0.2, 0.25) is 19.6 Å². The number of benzene rings is 1. The average Bonchev–Trinajstić information content (AvgIpc) is 2.74. The molecule has 0 saturated carbocycles. The Labute approximate surface area is 230 Å². The summed E-state index contributed by atoms with van der Waals surface area (Å²) in [6.45, 7) is 8.53. The first-order valence-corrected chi connectivity index (χ1v) is 17.6. The molecule has 0 N–H and O–H groups in total. The SMILES string of the molecule is C/C(C#CCN(Cc1cccc([Si](C)(C)C)c1OS(=O)(=O)C(F)(F)F)S(=O)(=O)C(F)(F)F)=C\OC(=O)C(C)(C)C. The molecule has 0 amide bonds. The normalized spacial score (nSPS) is 14.0. The van der Waals surface area contributed by atoms with Crippen molar-refractivity contribution in [3.05, 3.63) is 35.6 Å². The van der Waals surface area contributed by atoms with Gasteiger partial charge in [0.2, 0.25) is 0 Å². The summed E-state index contributed by atoms with van der Waals surface area (Å²) in [5.74, 6) is 2.98. The largest absolute Gasteiger partial charge is 0.534 e. The number of sulfonamides is 1. The van der Waals surface area contributed by atoms with Gasteiger partial charge in [-0.1, -0.05) is 49.7 Å². The van der Waals surface area contributed by atoms with E-state index in [0.29, 0.717) is 0 Å². The maximum Gasteiger partial charge on any atom is 0.534 e. The van der Waals surface area contributed by atoms with Gasteiger partial charge in [-0.3, -0.25) is 4.79 Å². The van der Waals surface area contributed by atoms with Crippen LogP contribution in [0.25, 0.3) is 0 Å². The fourth-order valence-corrected chi connectivity index (χ4v) is 5.64.